The Morgan fingerprint density at radius 1 is 1.08 bits per heavy atom. The molecule has 4 rings (SSSR count). The second-order valence-electron chi connectivity index (χ2n) is 5.61. The minimum atomic E-state index is -0.0417. The molecule has 124 valence electrons. The van der Waals surface area contributed by atoms with Crippen LogP contribution in [-0.2, 0) is 4.79 Å². The molecule has 1 N–H and O–H groups in total. The number of anilines is 1. The Bertz CT molecular complexity index is 1040. The van der Waals surface area contributed by atoms with Gasteiger partial charge in [-0.3, -0.25) is 9.78 Å². The molecule has 2 aromatic heterocycles. The summed E-state index contributed by atoms with van der Waals surface area (Å²) in [4.78, 5) is 21.4. The molecule has 0 aliphatic carbocycles. The number of carbonyl (C=O) groups excluding carboxylic acids is 1. The normalized spacial score (nSPS) is 11.1. The third kappa shape index (κ3) is 3.50. The second-order valence-corrected chi connectivity index (χ2v) is 7.87. The number of pyridine rings is 1. The molecule has 6 heteroatoms. The molecule has 0 bridgehead atoms. The summed E-state index contributed by atoms with van der Waals surface area (Å²) in [6.07, 6.45) is 0. The number of fused-ring (bicyclic) bond motifs is 2. The Morgan fingerprint density at radius 2 is 1.84 bits per heavy atom. The average molecular weight is 365 g/mol. The number of thioether (sulfide) groups is 1. The Balaban J connectivity index is 1.49. The number of aromatic nitrogens is 2. The molecule has 0 spiro atoms. The standard InChI is InChI=1S/C19H15N3OS2/c1-12-10-16(13-6-2-3-7-14(13)20-12)21-18(23)11-24-19-22-15-8-4-5-9-17(15)25-19/h2-10H,11H2,1H3,(H,20,21,23). The predicted octanol–water partition coefficient (Wildman–Crippen LogP) is 4.88. The summed E-state index contributed by atoms with van der Waals surface area (Å²) >= 11 is 3.08. The zero-order chi connectivity index (χ0) is 17.2. The molecule has 0 saturated carbocycles. The maximum atomic E-state index is 12.4. The number of para-hydroxylation sites is 2. The Kier molecular flexibility index (Phi) is 4.38. The molecular formula is C19H15N3OS2. The maximum absolute atomic E-state index is 12.4. The van der Waals surface area contributed by atoms with Crippen LogP contribution in [0, 0.1) is 6.92 Å². The highest BCUT2D eigenvalue weighted by Gasteiger charge is 2.10. The molecule has 0 aliphatic rings. The predicted molar refractivity (Wildman–Crippen MR) is 105 cm³/mol. The third-order valence-electron chi connectivity index (χ3n) is 3.72. The Morgan fingerprint density at radius 3 is 2.68 bits per heavy atom. The van der Waals surface area contributed by atoms with Gasteiger partial charge in [0.1, 0.15) is 0 Å². The van der Waals surface area contributed by atoms with Gasteiger partial charge in [-0.2, -0.15) is 0 Å². The molecule has 2 aromatic carbocycles. The molecule has 0 aliphatic heterocycles. The average Bonchev–Trinajstić information content (AvgIpc) is 3.03. The van der Waals surface area contributed by atoms with Gasteiger partial charge in [-0.15, -0.1) is 11.3 Å². The lowest BCUT2D eigenvalue weighted by molar-refractivity contribution is -0.113. The Hall–Kier alpha value is -2.44. The highest BCUT2D eigenvalue weighted by Crippen LogP contribution is 2.29. The van der Waals surface area contributed by atoms with Crippen LogP contribution < -0.4 is 5.32 Å². The number of amides is 1. The van der Waals surface area contributed by atoms with E-state index in [-0.39, 0.29) is 5.91 Å². The van der Waals surface area contributed by atoms with Crippen LogP contribution >= 0.6 is 23.1 Å². The van der Waals surface area contributed by atoms with Gasteiger partial charge < -0.3 is 5.32 Å². The number of benzene rings is 2. The SMILES string of the molecule is Cc1cc(NC(=O)CSc2nc3ccccc3s2)c2ccccc2n1. The lowest BCUT2D eigenvalue weighted by Gasteiger charge is -2.09. The van der Waals surface area contributed by atoms with Gasteiger partial charge >= 0.3 is 0 Å². The number of hydrogen-bond acceptors (Lipinski definition) is 5. The highest BCUT2D eigenvalue weighted by atomic mass is 32.2. The van der Waals surface area contributed by atoms with Gasteiger partial charge in [0.05, 0.1) is 27.2 Å². The van der Waals surface area contributed by atoms with Crippen LogP contribution in [0.5, 0.6) is 0 Å². The van der Waals surface area contributed by atoms with Crippen LogP contribution in [0.4, 0.5) is 5.69 Å². The van der Waals surface area contributed by atoms with Gasteiger partial charge in [-0.05, 0) is 31.2 Å². The maximum Gasteiger partial charge on any atom is 0.234 e. The van der Waals surface area contributed by atoms with Crippen molar-refractivity contribution in [2.75, 3.05) is 11.1 Å². The second kappa shape index (κ2) is 6.82. The summed E-state index contributed by atoms with van der Waals surface area (Å²) in [5, 5.41) is 3.96. The molecule has 0 radical (unpaired) electrons. The summed E-state index contributed by atoms with van der Waals surface area (Å²) in [7, 11) is 0. The monoisotopic (exact) mass is 365 g/mol. The van der Waals surface area contributed by atoms with Crippen LogP contribution in [0.3, 0.4) is 0 Å². The highest BCUT2D eigenvalue weighted by molar-refractivity contribution is 8.01. The lowest BCUT2D eigenvalue weighted by atomic mass is 10.1. The van der Waals surface area contributed by atoms with Gasteiger partial charge in [-0.1, -0.05) is 42.1 Å². The quantitative estimate of drug-likeness (QED) is 0.524. The van der Waals surface area contributed by atoms with Crippen LogP contribution in [0.15, 0.2) is 58.9 Å². The van der Waals surface area contributed by atoms with E-state index in [2.05, 4.69) is 15.3 Å². The van der Waals surface area contributed by atoms with Crippen LogP contribution in [0.2, 0.25) is 0 Å². The first-order valence-electron chi connectivity index (χ1n) is 7.84. The van der Waals surface area contributed by atoms with Crippen molar-refractivity contribution in [3.8, 4) is 0 Å². The molecule has 1 amide bonds. The number of hydrogen-bond donors (Lipinski definition) is 1. The van der Waals surface area contributed by atoms with E-state index in [9.17, 15) is 4.79 Å². The van der Waals surface area contributed by atoms with Crippen molar-refractivity contribution in [2.24, 2.45) is 0 Å². The molecule has 0 fully saturated rings. The van der Waals surface area contributed by atoms with E-state index in [0.29, 0.717) is 5.75 Å². The van der Waals surface area contributed by atoms with Gasteiger partial charge in [0, 0.05) is 11.1 Å². The number of nitrogens with zero attached hydrogens (tertiary/aromatic N) is 2. The van der Waals surface area contributed by atoms with Crippen molar-refractivity contribution < 1.29 is 4.79 Å². The largest absolute Gasteiger partial charge is 0.325 e. The van der Waals surface area contributed by atoms with E-state index in [1.54, 1.807) is 11.3 Å². The molecule has 25 heavy (non-hydrogen) atoms. The first kappa shape index (κ1) is 16.1. The van der Waals surface area contributed by atoms with Crippen molar-refractivity contribution in [3.63, 3.8) is 0 Å². The van der Waals surface area contributed by atoms with Crippen LogP contribution in [-0.4, -0.2) is 21.6 Å². The molecular weight excluding hydrogens is 350 g/mol. The molecule has 4 nitrogen and oxygen atoms in total. The van der Waals surface area contributed by atoms with E-state index in [4.69, 9.17) is 0 Å². The topological polar surface area (TPSA) is 54.9 Å². The number of aryl methyl sites for hydroxylation is 1. The van der Waals surface area contributed by atoms with Crippen molar-refractivity contribution >= 4 is 55.8 Å². The van der Waals surface area contributed by atoms with Crippen LogP contribution in [0.1, 0.15) is 5.69 Å². The molecule has 4 aromatic rings. The van der Waals surface area contributed by atoms with E-state index in [1.807, 2.05) is 61.5 Å². The van der Waals surface area contributed by atoms with Crippen molar-refractivity contribution in [3.05, 3.63) is 60.3 Å². The van der Waals surface area contributed by atoms with Gasteiger partial charge in [0.25, 0.3) is 0 Å². The third-order valence-corrected chi connectivity index (χ3v) is 5.90. The smallest absolute Gasteiger partial charge is 0.234 e. The zero-order valence-corrected chi connectivity index (χ0v) is 15.2. The number of thiazole rings is 1. The molecule has 0 saturated heterocycles. The fraction of sp³-hybridized carbons (Fsp3) is 0.105. The van der Waals surface area contributed by atoms with Crippen molar-refractivity contribution in [2.45, 2.75) is 11.3 Å². The fourth-order valence-electron chi connectivity index (χ4n) is 2.64. The van der Waals surface area contributed by atoms with Gasteiger partial charge in [0.2, 0.25) is 5.91 Å². The van der Waals surface area contributed by atoms with E-state index in [0.717, 1.165) is 36.8 Å². The fourth-order valence-corrected chi connectivity index (χ4v) is 4.51. The first-order chi connectivity index (χ1) is 12.2. The molecule has 0 atom stereocenters. The van der Waals surface area contributed by atoms with Gasteiger partial charge in [0.15, 0.2) is 4.34 Å². The van der Waals surface area contributed by atoms with Crippen molar-refractivity contribution in [1.82, 2.24) is 9.97 Å². The van der Waals surface area contributed by atoms with E-state index < -0.39 is 0 Å². The zero-order valence-electron chi connectivity index (χ0n) is 13.5. The Labute approximate surface area is 153 Å². The van der Waals surface area contributed by atoms with Crippen LogP contribution in [0.25, 0.3) is 21.1 Å². The molecule has 2 heterocycles. The lowest BCUT2D eigenvalue weighted by Crippen LogP contribution is -2.14. The summed E-state index contributed by atoms with van der Waals surface area (Å²) in [6, 6.07) is 17.7. The number of nitrogens with one attached hydrogen (secondary N) is 1. The molecule has 0 unspecified atom stereocenters. The van der Waals surface area contributed by atoms with Crippen molar-refractivity contribution in [1.29, 1.82) is 0 Å². The summed E-state index contributed by atoms with van der Waals surface area (Å²) in [6.45, 7) is 1.93. The number of carbonyl (C=O) groups is 1. The van der Waals surface area contributed by atoms with E-state index in [1.165, 1.54) is 11.8 Å². The minimum Gasteiger partial charge on any atom is -0.325 e. The summed E-state index contributed by atoms with van der Waals surface area (Å²) in [5.41, 5.74) is 3.55. The summed E-state index contributed by atoms with van der Waals surface area (Å²) < 4.78 is 2.05. The number of rotatable bonds is 4. The minimum absolute atomic E-state index is 0.0417. The first-order valence-corrected chi connectivity index (χ1v) is 9.64. The van der Waals surface area contributed by atoms with E-state index >= 15 is 0 Å². The summed E-state index contributed by atoms with van der Waals surface area (Å²) in [5.74, 6) is 0.287. The van der Waals surface area contributed by atoms with Gasteiger partial charge in [-0.25, -0.2) is 4.98 Å².